The third-order valence-electron chi connectivity index (χ3n) is 1.72. The van der Waals surface area contributed by atoms with Crippen molar-refractivity contribution in [3.05, 3.63) is 35.1 Å². The summed E-state index contributed by atoms with van der Waals surface area (Å²) >= 11 is 2.89. The van der Waals surface area contributed by atoms with Crippen LogP contribution in [0, 0.1) is 5.82 Å². The second kappa shape index (κ2) is 4.94. The monoisotopic (exact) mass is 308 g/mol. The van der Waals surface area contributed by atoms with E-state index >= 15 is 0 Å². The lowest BCUT2D eigenvalue weighted by atomic mass is 10.3. The molecule has 0 saturated carbocycles. The molecule has 0 amide bonds. The van der Waals surface area contributed by atoms with Gasteiger partial charge in [-0.1, -0.05) is 6.08 Å². The zero-order valence-corrected chi connectivity index (χ0v) is 10.6. The molecule has 4 nitrogen and oxygen atoms in total. The fourth-order valence-corrected chi connectivity index (χ4v) is 2.76. The van der Waals surface area contributed by atoms with Crippen LogP contribution < -0.4 is 10.5 Å². The summed E-state index contributed by atoms with van der Waals surface area (Å²) in [5.74, 6) is -0.870. The van der Waals surface area contributed by atoms with Crippen LogP contribution in [-0.2, 0) is 10.0 Å². The molecule has 0 atom stereocenters. The summed E-state index contributed by atoms with van der Waals surface area (Å²) in [7, 11) is -3.90. The van der Waals surface area contributed by atoms with Gasteiger partial charge in [0.15, 0.2) is 5.82 Å². The minimum absolute atomic E-state index is 0.00600. The van der Waals surface area contributed by atoms with Crippen LogP contribution in [0.15, 0.2) is 34.2 Å². The molecule has 0 aromatic heterocycles. The molecule has 0 aliphatic heterocycles. The maximum absolute atomic E-state index is 13.6. The number of hydrogen-bond acceptors (Lipinski definition) is 3. The largest absolute Gasteiger partial charge is 0.399 e. The standard InChI is InChI=1S/C9H10BrFN2O2S/c1-2-3-13-16(14,15)8-5-6(12)4-7(10)9(8)11/h2,4-5,13H,1,3,12H2. The van der Waals surface area contributed by atoms with Gasteiger partial charge in [-0.05, 0) is 28.1 Å². The van der Waals surface area contributed by atoms with Crippen LogP contribution in [0.3, 0.4) is 0 Å². The summed E-state index contributed by atoms with van der Waals surface area (Å²) in [5, 5.41) is 0. The number of rotatable bonds is 4. The minimum atomic E-state index is -3.90. The predicted molar refractivity (Wildman–Crippen MR) is 63.9 cm³/mol. The van der Waals surface area contributed by atoms with Gasteiger partial charge in [0, 0.05) is 12.2 Å². The Bertz CT molecular complexity index is 516. The van der Waals surface area contributed by atoms with Crippen molar-refractivity contribution in [2.75, 3.05) is 12.3 Å². The first-order chi connectivity index (χ1) is 7.38. The maximum atomic E-state index is 13.6. The van der Waals surface area contributed by atoms with Gasteiger partial charge < -0.3 is 5.73 Å². The van der Waals surface area contributed by atoms with Crippen molar-refractivity contribution >= 4 is 31.6 Å². The summed E-state index contributed by atoms with van der Waals surface area (Å²) in [5.41, 5.74) is 5.60. The number of anilines is 1. The van der Waals surface area contributed by atoms with Crippen LogP contribution in [0.4, 0.5) is 10.1 Å². The first kappa shape index (κ1) is 13.1. The fraction of sp³-hybridized carbons (Fsp3) is 0.111. The lowest BCUT2D eigenvalue weighted by Crippen LogP contribution is -2.24. The molecule has 0 aliphatic carbocycles. The van der Waals surface area contributed by atoms with E-state index in [1.54, 1.807) is 0 Å². The summed E-state index contributed by atoms with van der Waals surface area (Å²) in [6, 6.07) is 2.35. The van der Waals surface area contributed by atoms with Gasteiger partial charge in [0.2, 0.25) is 10.0 Å². The Kier molecular flexibility index (Phi) is 4.06. The predicted octanol–water partition coefficient (Wildman–Crippen LogP) is 1.63. The van der Waals surface area contributed by atoms with Gasteiger partial charge in [-0.3, -0.25) is 0 Å². The second-order valence-corrected chi connectivity index (χ2v) is 5.55. The molecule has 0 bridgehead atoms. The van der Waals surface area contributed by atoms with E-state index in [1.165, 1.54) is 12.1 Å². The number of nitrogen functional groups attached to an aromatic ring is 1. The average molecular weight is 309 g/mol. The number of nitrogens with one attached hydrogen (secondary N) is 1. The number of nitrogens with two attached hydrogens (primary N) is 1. The van der Waals surface area contributed by atoms with Gasteiger partial charge in [-0.2, -0.15) is 0 Å². The van der Waals surface area contributed by atoms with E-state index in [2.05, 4.69) is 27.2 Å². The van der Waals surface area contributed by atoms with E-state index < -0.39 is 20.7 Å². The molecule has 0 unspecified atom stereocenters. The molecule has 1 rings (SSSR count). The van der Waals surface area contributed by atoms with Crippen molar-refractivity contribution in [2.24, 2.45) is 0 Å². The molecule has 3 N–H and O–H groups in total. The molecule has 7 heteroatoms. The van der Waals surface area contributed by atoms with Gasteiger partial charge in [-0.15, -0.1) is 6.58 Å². The van der Waals surface area contributed by atoms with Crippen LogP contribution >= 0.6 is 15.9 Å². The molecule has 0 spiro atoms. The molecule has 16 heavy (non-hydrogen) atoms. The Hall–Kier alpha value is -0.920. The number of hydrogen-bond donors (Lipinski definition) is 2. The molecule has 88 valence electrons. The Morgan fingerprint density at radius 3 is 2.75 bits per heavy atom. The van der Waals surface area contributed by atoms with Crippen molar-refractivity contribution in [1.29, 1.82) is 0 Å². The van der Waals surface area contributed by atoms with Crippen molar-refractivity contribution in [3.63, 3.8) is 0 Å². The Labute approximate surface area is 102 Å². The molecular weight excluding hydrogens is 299 g/mol. The van der Waals surface area contributed by atoms with E-state index in [1.807, 2.05) is 0 Å². The van der Waals surface area contributed by atoms with Gasteiger partial charge in [0.1, 0.15) is 4.90 Å². The first-order valence-corrected chi connectivity index (χ1v) is 6.51. The summed E-state index contributed by atoms with van der Waals surface area (Å²) in [6.07, 6.45) is 1.36. The minimum Gasteiger partial charge on any atom is -0.399 e. The van der Waals surface area contributed by atoms with Gasteiger partial charge in [0.25, 0.3) is 0 Å². The highest BCUT2D eigenvalue weighted by Crippen LogP contribution is 2.25. The zero-order valence-electron chi connectivity index (χ0n) is 8.20. The molecule has 1 aromatic carbocycles. The quantitative estimate of drug-likeness (QED) is 0.656. The van der Waals surface area contributed by atoms with Crippen molar-refractivity contribution in [2.45, 2.75) is 4.90 Å². The zero-order chi connectivity index (χ0) is 12.3. The molecule has 0 aliphatic rings. The van der Waals surface area contributed by atoms with E-state index in [0.717, 1.165) is 6.07 Å². The summed E-state index contributed by atoms with van der Waals surface area (Å²) in [6.45, 7) is 3.38. The first-order valence-electron chi connectivity index (χ1n) is 4.23. The number of benzene rings is 1. The Balaban J connectivity index is 3.27. The van der Waals surface area contributed by atoms with E-state index in [-0.39, 0.29) is 16.7 Å². The Morgan fingerprint density at radius 2 is 2.19 bits per heavy atom. The highest BCUT2D eigenvalue weighted by atomic mass is 79.9. The fourth-order valence-electron chi connectivity index (χ4n) is 1.03. The number of halogens is 2. The van der Waals surface area contributed by atoms with E-state index in [0.29, 0.717) is 0 Å². The van der Waals surface area contributed by atoms with E-state index in [4.69, 9.17) is 5.73 Å². The van der Waals surface area contributed by atoms with Gasteiger partial charge in [-0.25, -0.2) is 17.5 Å². The smallest absolute Gasteiger partial charge is 0.243 e. The molecule has 1 aromatic rings. The molecule has 0 heterocycles. The summed E-state index contributed by atoms with van der Waals surface area (Å²) < 4.78 is 39.0. The number of sulfonamides is 1. The maximum Gasteiger partial charge on any atom is 0.243 e. The average Bonchev–Trinajstić information content (AvgIpc) is 2.20. The second-order valence-electron chi connectivity index (χ2n) is 2.96. The van der Waals surface area contributed by atoms with Gasteiger partial charge >= 0.3 is 0 Å². The summed E-state index contributed by atoms with van der Waals surface area (Å²) in [4.78, 5) is -0.485. The molecule has 0 saturated heterocycles. The molecule has 0 radical (unpaired) electrons. The van der Waals surface area contributed by atoms with Crippen LogP contribution in [-0.4, -0.2) is 15.0 Å². The lowest BCUT2D eigenvalue weighted by molar-refractivity contribution is 0.557. The van der Waals surface area contributed by atoms with Crippen LogP contribution in [0.5, 0.6) is 0 Å². The van der Waals surface area contributed by atoms with Crippen molar-refractivity contribution < 1.29 is 12.8 Å². The third-order valence-corrected chi connectivity index (χ3v) is 3.72. The normalized spacial score (nSPS) is 11.4. The van der Waals surface area contributed by atoms with Crippen LogP contribution in [0.1, 0.15) is 0 Å². The van der Waals surface area contributed by atoms with Crippen LogP contribution in [0.2, 0.25) is 0 Å². The van der Waals surface area contributed by atoms with Crippen molar-refractivity contribution in [1.82, 2.24) is 4.72 Å². The van der Waals surface area contributed by atoms with E-state index in [9.17, 15) is 12.8 Å². The van der Waals surface area contributed by atoms with Crippen molar-refractivity contribution in [3.8, 4) is 0 Å². The third kappa shape index (κ3) is 2.81. The molecular formula is C9H10BrFN2O2S. The lowest BCUT2D eigenvalue weighted by Gasteiger charge is -2.08. The Morgan fingerprint density at radius 1 is 1.56 bits per heavy atom. The highest BCUT2D eigenvalue weighted by molar-refractivity contribution is 9.10. The highest BCUT2D eigenvalue weighted by Gasteiger charge is 2.20. The SMILES string of the molecule is C=CCNS(=O)(=O)c1cc(N)cc(Br)c1F. The topological polar surface area (TPSA) is 72.2 Å². The van der Waals surface area contributed by atoms with Crippen LogP contribution in [0.25, 0.3) is 0 Å². The van der Waals surface area contributed by atoms with Gasteiger partial charge in [0.05, 0.1) is 4.47 Å². The molecule has 0 fully saturated rings.